The number of aromatic nitrogens is 2. The van der Waals surface area contributed by atoms with E-state index in [1.165, 1.54) is 18.3 Å². The molecule has 0 aliphatic carbocycles. The van der Waals surface area contributed by atoms with Crippen LogP contribution in [0.15, 0.2) is 54.7 Å². The average Bonchev–Trinajstić information content (AvgIpc) is 2.94. The molecule has 0 atom stereocenters. The molecule has 0 saturated carbocycles. The number of halogens is 1. The highest BCUT2D eigenvalue weighted by Gasteiger charge is 2.17. The van der Waals surface area contributed by atoms with E-state index >= 15 is 0 Å². The van der Waals surface area contributed by atoms with Crippen LogP contribution in [0.5, 0.6) is 0 Å². The monoisotopic (exact) mass is 296 g/mol. The van der Waals surface area contributed by atoms with Crippen LogP contribution in [0.4, 0.5) is 4.39 Å². The first kappa shape index (κ1) is 14.0. The maximum absolute atomic E-state index is 13.1. The number of hydrogen-bond donors (Lipinski definition) is 1. The van der Waals surface area contributed by atoms with Crippen LogP contribution in [0.25, 0.3) is 17.1 Å². The van der Waals surface area contributed by atoms with Crippen LogP contribution in [0, 0.1) is 12.7 Å². The zero-order valence-corrected chi connectivity index (χ0v) is 11.8. The predicted molar refractivity (Wildman–Crippen MR) is 80.7 cm³/mol. The molecule has 0 spiro atoms. The maximum Gasteiger partial charge on any atom is 0.356 e. The predicted octanol–water partition coefficient (Wildman–Crippen LogP) is 3.69. The second-order valence-electron chi connectivity index (χ2n) is 4.92. The Hall–Kier alpha value is -2.95. The second-order valence-corrected chi connectivity index (χ2v) is 4.92. The number of nitrogens with zero attached hydrogens (tertiary/aromatic N) is 2. The van der Waals surface area contributed by atoms with Crippen molar-refractivity contribution in [3.8, 4) is 17.1 Å². The Bertz CT molecular complexity index is 838. The Kier molecular flexibility index (Phi) is 3.47. The van der Waals surface area contributed by atoms with Gasteiger partial charge in [0.2, 0.25) is 0 Å². The van der Waals surface area contributed by atoms with Gasteiger partial charge < -0.3 is 5.11 Å². The van der Waals surface area contributed by atoms with Crippen LogP contribution in [-0.2, 0) is 0 Å². The quantitative estimate of drug-likeness (QED) is 0.802. The van der Waals surface area contributed by atoms with Gasteiger partial charge in [0.25, 0.3) is 0 Å². The number of aryl methyl sites for hydroxylation is 1. The van der Waals surface area contributed by atoms with Gasteiger partial charge in [-0.05, 0) is 36.8 Å². The summed E-state index contributed by atoms with van der Waals surface area (Å²) in [6, 6.07) is 13.4. The van der Waals surface area contributed by atoms with Gasteiger partial charge in [-0.1, -0.05) is 24.3 Å². The summed E-state index contributed by atoms with van der Waals surface area (Å²) < 4.78 is 14.8. The standard InChI is InChI=1S/C17H13FN2O2/c1-11-4-2-3-5-14(11)16-19-15(17(21)22)10-20(16)13-8-6-12(18)7-9-13/h2-10H,1H3,(H,21,22). The van der Waals surface area contributed by atoms with Crippen LogP contribution in [0.3, 0.4) is 0 Å². The number of rotatable bonds is 3. The van der Waals surface area contributed by atoms with Gasteiger partial charge in [-0.2, -0.15) is 0 Å². The van der Waals surface area contributed by atoms with E-state index in [-0.39, 0.29) is 11.5 Å². The number of aromatic carboxylic acids is 1. The summed E-state index contributed by atoms with van der Waals surface area (Å²) >= 11 is 0. The minimum atomic E-state index is -1.10. The first-order valence-corrected chi connectivity index (χ1v) is 6.71. The molecule has 0 aliphatic rings. The van der Waals surface area contributed by atoms with E-state index in [9.17, 15) is 14.3 Å². The van der Waals surface area contributed by atoms with Crippen molar-refractivity contribution >= 4 is 5.97 Å². The van der Waals surface area contributed by atoms with Crippen LogP contribution in [-0.4, -0.2) is 20.6 Å². The molecule has 0 unspecified atom stereocenters. The van der Waals surface area contributed by atoms with Crippen LogP contribution in [0.2, 0.25) is 0 Å². The summed E-state index contributed by atoms with van der Waals surface area (Å²) in [5.41, 5.74) is 2.41. The molecule has 2 aromatic carbocycles. The van der Waals surface area contributed by atoms with Gasteiger partial charge in [-0.15, -0.1) is 0 Å². The van der Waals surface area contributed by atoms with Gasteiger partial charge >= 0.3 is 5.97 Å². The third-order valence-corrected chi connectivity index (χ3v) is 3.42. The summed E-state index contributed by atoms with van der Waals surface area (Å²) in [7, 11) is 0. The minimum absolute atomic E-state index is 0.0532. The Labute approximate surface area is 126 Å². The molecule has 0 bridgehead atoms. The van der Waals surface area contributed by atoms with Gasteiger partial charge in [0.15, 0.2) is 5.69 Å². The molecule has 0 saturated heterocycles. The number of hydrogen-bond acceptors (Lipinski definition) is 2. The van der Waals surface area contributed by atoms with Crippen molar-refractivity contribution in [2.45, 2.75) is 6.92 Å². The molecule has 3 rings (SSSR count). The Morgan fingerprint density at radius 1 is 1.14 bits per heavy atom. The highest BCUT2D eigenvalue weighted by Crippen LogP contribution is 2.26. The van der Waals surface area contributed by atoms with Crippen molar-refractivity contribution in [2.75, 3.05) is 0 Å². The summed E-state index contributed by atoms with van der Waals surface area (Å²) in [5.74, 6) is -0.933. The normalized spacial score (nSPS) is 10.6. The molecular weight excluding hydrogens is 283 g/mol. The lowest BCUT2D eigenvalue weighted by molar-refractivity contribution is 0.0691. The molecular formula is C17H13FN2O2. The maximum atomic E-state index is 13.1. The summed E-state index contributed by atoms with van der Waals surface area (Å²) in [6.45, 7) is 1.93. The zero-order valence-electron chi connectivity index (χ0n) is 11.8. The Morgan fingerprint density at radius 2 is 1.82 bits per heavy atom. The number of benzene rings is 2. The average molecular weight is 296 g/mol. The molecule has 0 aliphatic heterocycles. The smallest absolute Gasteiger partial charge is 0.356 e. The molecule has 0 amide bonds. The molecule has 22 heavy (non-hydrogen) atoms. The number of carboxylic acid groups (broad SMARTS) is 1. The third-order valence-electron chi connectivity index (χ3n) is 3.42. The SMILES string of the molecule is Cc1ccccc1-c1nc(C(=O)O)cn1-c1ccc(F)cc1. The number of carbonyl (C=O) groups is 1. The fraction of sp³-hybridized carbons (Fsp3) is 0.0588. The topological polar surface area (TPSA) is 55.1 Å². The Balaban J connectivity index is 2.23. The van der Waals surface area contributed by atoms with Gasteiger partial charge in [0.05, 0.1) is 0 Å². The van der Waals surface area contributed by atoms with E-state index in [2.05, 4.69) is 4.98 Å². The van der Waals surface area contributed by atoms with Crippen molar-refractivity contribution in [3.63, 3.8) is 0 Å². The van der Waals surface area contributed by atoms with E-state index in [1.54, 1.807) is 16.7 Å². The molecule has 5 heteroatoms. The van der Waals surface area contributed by atoms with Gasteiger partial charge in [0, 0.05) is 17.4 Å². The molecule has 1 heterocycles. The van der Waals surface area contributed by atoms with E-state index in [0.29, 0.717) is 11.5 Å². The fourth-order valence-electron chi connectivity index (χ4n) is 2.30. The zero-order chi connectivity index (χ0) is 15.7. The largest absolute Gasteiger partial charge is 0.476 e. The van der Waals surface area contributed by atoms with Gasteiger partial charge in [-0.25, -0.2) is 14.2 Å². The van der Waals surface area contributed by atoms with E-state index in [0.717, 1.165) is 11.1 Å². The summed E-state index contributed by atoms with van der Waals surface area (Å²) in [6.07, 6.45) is 1.44. The van der Waals surface area contributed by atoms with Crippen LogP contribution < -0.4 is 0 Å². The van der Waals surface area contributed by atoms with Crippen LogP contribution >= 0.6 is 0 Å². The Morgan fingerprint density at radius 3 is 2.45 bits per heavy atom. The molecule has 3 aromatic rings. The summed E-state index contributed by atoms with van der Waals surface area (Å²) in [5, 5.41) is 9.19. The third kappa shape index (κ3) is 2.48. The van der Waals surface area contributed by atoms with Crippen molar-refractivity contribution in [3.05, 3.63) is 71.8 Å². The second kappa shape index (κ2) is 5.44. The molecule has 110 valence electrons. The lowest BCUT2D eigenvalue weighted by Crippen LogP contribution is -1.97. The fourth-order valence-corrected chi connectivity index (χ4v) is 2.30. The van der Waals surface area contributed by atoms with Crippen molar-refractivity contribution in [1.82, 2.24) is 9.55 Å². The first-order chi connectivity index (χ1) is 10.6. The number of carboxylic acids is 1. The number of imidazole rings is 1. The molecule has 0 fully saturated rings. The van der Waals surface area contributed by atoms with Crippen molar-refractivity contribution in [2.24, 2.45) is 0 Å². The highest BCUT2D eigenvalue weighted by atomic mass is 19.1. The van der Waals surface area contributed by atoms with Gasteiger partial charge in [0.1, 0.15) is 11.6 Å². The van der Waals surface area contributed by atoms with E-state index in [1.807, 2.05) is 31.2 Å². The molecule has 1 aromatic heterocycles. The first-order valence-electron chi connectivity index (χ1n) is 6.71. The van der Waals surface area contributed by atoms with E-state index in [4.69, 9.17) is 0 Å². The molecule has 4 nitrogen and oxygen atoms in total. The molecule has 0 radical (unpaired) electrons. The van der Waals surface area contributed by atoms with Crippen LogP contribution in [0.1, 0.15) is 16.1 Å². The lowest BCUT2D eigenvalue weighted by Gasteiger charge is -2.09. The summed E-state index contributed by atoms with van der Waals surface area (Å²) in [4.78, 5) is 15.4. The van der Waals surface area contributed by atoms with Crippen molar-refractivity contribution in [1.29, 1.82) is 0 Å². The van der Waals surface area contributed by atoms with E-state index < -0.39 is 5.97 Å². The minimum Gasteiger partial charge on any atom is -0.476 e. The highest BCUT2D eigenvalue weighted by molar-refractivity contribution is 5.86. The van der Waals surface area contributed by atoms with Crippen molar-refractivity contribution < 1.29 is 14.3 Å². The lowest BCUT2D eigenvalue weighted by atomic mass is 10.1. The van der Waals surface area contributed by atoms with Gasteiger partial charge in [-0.3, -0.25) is 4.57 Å². The molecule has 1 N–H and O–H groups in total.